The van der Waals surface area contributed by atoms with Crippen molar-refractivity contribution in [2.45, 2.75) is 20.3 Å². The monoisotopic (exact) mass is 377 g/mol. The van der Waals surface area contributed by atoms with E-state index in [0.717, 1.165) is 23.3 Å². The third-order valence-corrected chi connectivity index (χ3v) is 5.12. The zero-order chi connectivity index (χ0) is 18.8. The SMILES string of the molecule is CCCOc1ccccc1/C=c1/sc2nc(-c3ccc(C)cc3)nn2c1=O. The van der Waals surface area contributed by atoms with E-state index in [1.165, 1.54) is 21.4 Å². The standard InChI is InChI=1S/C21H19N3O2S/c1-3-12-26-17-7-5-4-6-16(17)13-18-20(25)24-21(27-18)22-19(23-24)15-10-8-14(2)9-11-15/h4-11,13H,3,12H2,1-2H3/b18-13+. The van der Waals surface area contributed by atoms with Crippen molar-refractivity contribution in [3.8, 4) is 17.1 Å². The van der Waals surface area contributed by atoms with Gasteiger partial charge < -0.3 is 4.74 Å². The number of para-hydroxylation sites is 1. The highest BCUT2D eigenvalue weighted by atomic mass is 32.1. The van der Waals surface area contributed by atoms with Crippen molar-refractivity contribution < 1.29 is 4.74 Å². The van der Waals surface area contributed by atoms with E-state index in [1.54, 1.807) is 0 Å². The molecule has 0 aliphatic carbocycles. The molecule has 27 heavy (non-hydrogen) atoms. The zero-order valence-electron chi connectivity index (χ0n) is 15.2. The van der Waals surface area contributed by atoms with Gasteiger partial charge in [-0.25, -0.2) is 0 Å². The summed E-state index contributed by atoms with van der Waals surface area (Å²) < 4.78 is 7.74. The maximum absolute atomic E-state index is 12.8. The van der Waals surface area contributed by atoms with Gasteiger partial charge in [0.15, 0.2) is 5.82 Å². The average Bonchev–Trinajstić information content (AvgIpc) is 3.21. The molecule has 4 rings (SSSR count). The van der Waals surface area contributed by atoms with Gasteiger partial charge in [-0.3, -0.25) is 4.79 Å². The van der Waals surface area contributed by atoms with Crippen LogP contribution in [0, 0.1) is 6.92 Å². The highest BCUT2D eigenvalue weighted by molar-refractivity contribution is 7.15. The Morgan fingerprint density at radius 1 is 1.15 bits per heavy atom. The number of rotatable bonds is 5. The number of aromatic nitrogens is 3. The van der Waals surface area contributed by atoms with E-state index >= 15 is 0 Å². The number of hydrogen-bond acceptors (Lipinski definition) is 5. The molecule has 0 unspecified atom stereocenters. The number of fused-ring (bicyclic) bond motifs is 1. The first-order valence-electron chi connectivity index (χ1n) is 8.86. The molecule has 2 aromatic heterocycles. The van der Waals surface area contributed by atoms with Crippen molar-refractivity contribution in [2.24, 2.45) is 0 Å². The molecule has 2 aromatic carbocycles. The molecule has 136 valence electrons. The van der Waals surface area contributed by atoms with Crippen LogP contribution in [0.15, 0.2) is 53.3 Å². The smallest absolute Gasteiger partial charge is 0.291 e. The van der Waals surface area contributed by atoms with E-state index in [9.17, 15) is 4.79 Å². The second kappa shape index (κ2) is 7.32. The summed E-state index contributed by atoms with van der Waals surface area (Å²) in [6, 6.07) is 15.7. The molecule has 2 heterocycles. The van der Waals surface area contributed by atoms with E-state index in [1.807, 2.05) is 61.5 Å². The molecule has 0 atom stereocenters. The maximum atomic E-state index is 12.8. The molecule has 0 saturated heterocycles. The van der Waals surface area contributed by atoms with Crippen LogP contribution >= 0.6 is 11.3 Å². The number of ether oxygens (including phenoxy) is 1. The van der Waals surface area contributed by atoms with Crippen molar-refractivity contribution in [2.75, 3.05) is 6.61 Å². The topological polar surface area (TPSA) is 56.5 Å². The lowest BCUT2D eigenvalue weighted by Crippen LogP contribution is -2.23. The normalized spacial score (nSPS) is 12.0. The molecule has 0 aliphatic rings. The molecule has 6 heteroatoms. The fourth-order valence-electron chi connectivity index (χ4n) is 2.74. The van der Waals surface area contributed by atoms with Crippen LogP contribution in [0.3, 0.4) is 0 Å². The fourth-order valence-corrected chi connectivity index (χ4v) is 3.64. The molecular formula is C21H19N3O2S. The van der Waals surface area contributed by atoms with E-state index in [0.29, 0.717) is 21.9 Å². The van der Waals surface area contributed by atoms with Gasteiger partial charge in [-0.1, -0.05) is 66.3 Å². The minimum absolute atomic E-state index is 0.161. The van der Waals surface area contributed by atoms with Gasteiger partial charge in [0.25, 0.3) is 5.56 Å². The second-order valence-electron chi connectivity index (χ2n) is 6.30. The minimum Gasteiger partial charge on any atom is -0.493 e. The van der Waals surface area contributed by atoms with Crippen LogP contribution in [-0.2, 0) is 0 Å². The van der Waals surface area contributed by atoms with E-state index < -0.39 is 0 Å². The van der Waals surface area contributed by atoms with Crippen LogP contribution in [0.25, 0.3) is 22.4 Å². The molecule has 0 saturated carbocycles. The Balaban J connectivity index is 1.75. The van der Waals surface area contributed by atoms with Gasteiger partial charge in [0.05, 0.1) is 11.1 Å². The summed E-state index contributed by atoms with van der Waals surface area (Å²) in [5, 5.41) is 4.40. The molecule has 0 amide bonds. The Morgan fingerprint density at radius 3 is 2.67 bits per heavy atom. The second-order valence-corrected chi connectivity index (χ2v) is 7.31. The Morgan fingerprint density at radius 2 is 1.93 bits per heavy atom. The highest BCUT2D eigenvalue weighted by Crippen LogP contribution is 2.20. The summed E-state index contributed by atoms with van der Waals surface area (Å²) in [7, 11) is 0. The molecule has 0 aliphatic heterocycles. The van der Waals surface area contributed by atoms with Crippen LogP contribution in [0.2, 0.25) is 0 Å². The molecular weight excluding hydrogens is 358 g/mol. The lowest BCUT2D eigenvalue weighted by molar-refractivity contribution is 0.317. The highest BCUT2D eigenvalue weighted by Gasteiger charge is 2.12. The molecule has 4 aromatic rings. The van der Waals surface area contributed by atoms with Crippen LogP contribution in [0.5, 0.6) is 5.75 Å². The third-order valence-electron chi connectivity index (χ3n) is 4.16. The summed E-state index contributed by atoms with van der Waals surface area (Å²) in [6.45, 7) is 4.74. The minimum atomic E-state index is -0.161. The van der Waals surface area contributed by atoms with Crippen molar-refractivity contribution in [3.05, 3.63) is 74.5 Å². The summed E-state index contributed by atoms with van der Waals surface area (Å²) in [5.74, 6) is 1.34. The third kappa shape index (κ3) is 3.48. The summed E-state index contributed by atoms with van der Waals surface area (Å²) in [4.78, 5) is 17.9. The van der Waals surface area contributed by atoms with E-state index in [2.05, 4.69) is 17.0 Å². The van der Waals surface area contributed by atoms with E-state index in [-0.39, 0.29) is 5.56 Å². The van der Waals surface area contributed by atoms with Crippen molar-refractivity contribution >= 4 is 22.4 Å². The van der Waals surface area contributed by atoms with Gasteiger partial charge in [-0.15, -0.1) is 5.10 Å². The molecule has 0 N–H and O–H groups in total. The quantitative estimate of drug-likeness (QED) is 0.534. The number of hydrogen-bond donors (Lipinski definition) is 0. The summed E-state index contributed by atoms with van der Waals surface area (Å²) >= 11 is 1.34. The summed E-state index contributed by atoms with van der Waals surface area (Å²) in [5.41, 5.74) is 2.79. The fraction of sp³-hybridized carbons (Fsp3) is 0.190. The van der Waals surface area contributed by atoms with Gasteiger partial charge in [-0.05, 0) is 25.5 Å². The Bertz CT molecular complexity index is 1190. The number of aryl methyl sites for hydroxylation is 1. The summed E-state index contributed by atoms with van der Waals surface area (Å²) in [6.07, 6.45) is 2.78. The maximum Gasteiger partial charge on any atom is 0.291 e. The van der Waals surface area contributed by atoms with Gasteiger partial charge in [-0.2, -0.15) is 9.50 Å². The van der Waals surface area contributed by atoms with Gasteiger partial charge in [0, 0.05) is 11.1 Å². The number of nitrogens with zero attached hydrogens (tertiary/aromatic N) is 3. The van der Waals surface area contributed by atoms with Crippen molar-refractivity contribution in [3.63, 3.8) is 0 Å². The molecule has 0 fully saturated rings. The first-order valence-corrected chi connectivity index (χ1v) is 9.67. The van der Waals surface area contributed by atoms with Gasteiger partial charge in [0.1, 0.15) is 5.75 Å². The Labute approximate surface area is 160 Å². The molecule has 0 radical (unpaired) electrons. The van der Waals surface area contributed by atoms with Crippen molar-refractivity contribution in [1.82, 2.24) is 14.6 Å². The van der Waals surface area contributed by atoms with Crippen LogP contribution in [0.4, 0.5) is 0 Å². The molecule has 0 bridgehead atoms. The first kappa shape index (κ1) is 17.4. The number of benzene rings is 2. The number of thiazole rings is 1. The molecule has 5 nitrogen and oxygen atoms in total. The Kier molecular flexibility index (Phi) is 4.73. The average molecular weight is 377 g/mol. The van der Waals surface area contributed by atoms with Crippen LogP contribution in [-0.4, -0.2) is 21.2 Å². The van der Waals surface area contributed by atoms with Crippen LogP contribution in [0.1, 0.15) is 24.5 Å². The lowest BCUT2D eigenvalue weighted by Gasteiger charge is -2.07. The van der Waals surface area contributed by atoms with Gasteiger partial charge in [0.2, 0.25) is 4.96 Å². The molecule has 0 spiro atoms. The van der Waals surface area contributed by atoms with E-state index in [4.69, 9.17) is 4.74 Å². The Hall–Kier alpha value is -2.99. The predicted molar refractivity (Wildman–Crippen MR) is 108 cm³/mol. The van der Waals surface area contributed by atoms with Gasteiger partial charge >= 0.3 is 0 Å². The predicted octanol–water partition coefficient (Wildman–Crippen LogP) is 3.46. The van der Waals surface area contributed by atoms with Crippen LogP contribution < -0.4 is 14.8 Å². The lowest BCUT2D eigenvalue weighted by atomic mass is 10.1. The zero-order valence-corrected chi connectivity index (χ0v) is 16.0. The first-order chi connectivity index (χ1) is 13.2. The largest absolute Gasteiger partial charge is 0.493 e. The van der Waals surface area contributed by atoms with Crippen molar-refractivity contribution in [1.29, 1.82) is 0 Å².